The number of benzene rings is 1. The average molecular weight is 202 g/mol. The third kappa shape index (κ3) is 1.53. The van der Waals surface area contributed by atoms with E-state index in [0.29, 0.717) is 12.2 Å². The Balaban J connectivity index is 2.57. The Hall–Kier alpha value is -2.00. The van der Waals surface area contributed by atoms with E-state index in [1.165, 1.54) is 6.92 Å². The molecule has 1 aliphatic heterocycles. The molecule has 0 N–H and O–H groups in total. The zero-order valence-electron chi connectivity index (χ0n) is 8.34. The minimum absolute atomic E-state index is 0.0191. The van der Waals surface area contributed by atoms with Crippen LogP contribution < -0.4 is 4.90 Å². The van der Waals surface area contributed by atoms with Crippen molar-refractivity contribution < 1.29 is 4.79 Å². The Bertz CT molecular complexity index is 462. The maximum absolute atomic E-state index is 11.4. The first-order chi connectivity index (χ1) is 7.24. The van der Waals surface area contributed by atoms with Crippen molar-refractivity contribution in [1.29, 1.82) is 0 Å². The Morgan fingerprint density at radius 2 is 2.40 bits per heavy atom. The summed E-state index contributed by atoms with van der Waals surface area (Å²) in [4.78, 5) is 15.8. The quantitative estimate of drug-likeness (QED) is 0.392. The van der Waals surface area contributed by atoms with Gasteiger partial charge in [-0.15, -0.1) is 0 Å². The number of anilines is 1. The molecule has 15 heavy (non-hydrogen) atoms. The molecular weight excluding hydrogens is 192 g/mol. The van der Waals surface area contributed by atoms with Crippen molar-refractivity contribution in [2.75, 3.05) is 11.4 Å². The van der Waals surface area contributed by atoms with Crippen LogP contribution in [0.3, 0.4) is 0 Å². The van der Waals surface area contributed by atoms with Gasteiger partial charge in [0.05, 0.1) is 11.4 Å². The SMILES string of the molecule is CC(=O)N1CCc2cccc(N=[N+]=[N-])c21. The molecule has 0 saturated heterocycles. The van der Waals surface area contributed by atoms with Crippen LogP contribution in [0.5, 0.6) is 0 Å². The van der Waals surface area contributed by atoms with E-state index >= 15 is 0 Å². The van der Waals surface area contributed by atoms with Gasteiger partial charge in [-0.25, -0.2) is 0 Å². The number of hydrogen-bond donors (Lipinski definition) is 0. The standard InChI is InChI=1S/C10H10N4O/c1-7(15)14-6-5-8-3-2-4-9(10(8)14)12-13-11/h2-4H,5-6H2,1H3. The van der Waals surface area contributed by atoms with Crippen molar-refractivity contribution in [2.24, 2.45) is 5.11 Å². The van der Waals surface area contributed by atoms with Gasteiger partial charge in [-0.1, -0.05) is 23.3 Å². The summed E-state index contributed by atoms with van der Waals surface area (Å²) in [5.41, 5.74) is 10.8. The number of fused-ring (bicyclic) bond motifs is 1. The zero-order chi connectivity index (χ0) is 10.8. The molecule has 5 heteroatoms. The third-order valence-electron chi connectivity index (χ3n) is 2.51. The van der Waals surface area contributed by atoms with Crippen molar-refractivity contribution in [2.45, 2.75) is 13.3 Å². The normalized spacial score (nSPS) is 13.3. The van der Waals surface area contributed by atoms with E-state index in [2.05, 4.69) is 10.0 Å². The summed E-state index contributed by atoms with van der Waals surface area (Å²) in [5.74, 6) is -0.0191. The molecule has 1 heterocycles. The summed E-state index contributed by atoms with van der Waals surface area (Å²) in [6, 6.07) is 5.51. The Morgan fingerprint density at radius 3 is 3.07 bits per heavy atom. The number of carbonyl (C=O) groups is 1. The van der Waals surface area contributed by atoms with E-state index in [0.717, 1.165) is 17.7 Å². The first-order valence-corrected chi connectivity index (χ1v) is 4.69. The van der Waals surface area contributed by atoms with Gasteiger partial charge in [-0.05, 0) is 17.5 Å². The highest BCUT2D eigenvalue weighted by atomic mass is 16.2. The lowest BCUT2D eigenvalue weighted by molar-refractivity contribution is -0.116. The molecule has 0 unspecified atom stereocenters. The molecule has 1 aliphatic rings. The van der Waals surface area contributed by atoms with Gasteiger partial charge < -0.3 is 4.90 Å². The first kappa shape index (κ1) is 9.55. The van der Waals surface area contributed by atoms with Crippen molar-refractivity contribution in [3.63, 3.8) is 0 Å². The van der Waals surface area contributed by atoms with Crippen LogP contribution in [-0.4, -0.2) is 12.5 Å². The molecule has 5 nitrogen and oxygen atoms in total. The van der Waals surface area contributed by atoms with Gasteiger partial charge in [0.1, 0.15) is 0 Å². The summed E-state index contributed by atoms with van der Waals surface area (Å²) in [6.07, 6.45) is 0.823. The van der Waals surface area contributed by atoms with Gasteiger partial charge in [-0.3, -0.25) is 4.79 Å². The van der Waals surface area contributed by atoms with E-state index in [-0.39, 0.29) is 5.91 Å². The third-order valence-corrected chi connectivity index (χ3v) is 2.51. The molecule has 0 radical (unpaired) electrons. The molecule has 0 saturated carbocycles. The highest BCUT2D eigenvalue weighted by Crippen LogP contribution is 2.37. The van der Waals surface area contributed by atoms with E-state index in [9.17, 15) is 4.79 Å². The largest absolute Gasteiger partial charge is 0.312 e. The van der Waals surface area contributed by atoms with Gasteiger partial charge in [0.25, 0.3) is 0 Å². The number of azide groups is 1. The van der Waals surface area contributed by atoms with Crippen molar-refractivity contribution in [1.82, 2.24) is 0 Å². The molecule has 1 aromatic rings. The van der Waals surface area contributed by atoms with Crippen LogP contribution in [0.15, 0.2) is 23.3 Å². The smallest absolute Gasteiger partial charge is 0.223 e. The molecule has 1 aromatic carbocycles. The highest BCUT2D eigenvalue weighted by molar-refractivity contribution is 5.97. The van der Waals surface area contributed by atoms with Crippen LogP contribution in [0.4, 0.5) is 11.4 Å². The predicted octanol–water partition coefficient (Wildman–Crippen LogP) is 2.54. The number of nitrogens with zero attached hydrogens (tertiary/aromatic N) is 4. The Kier molecular flexibility index (Phi) is 2.31. The van der Waals surface area contributed by atoms with E-state index in [1.54, 1.807) is 11.0 Å². The molecular formula is C10H10N4O. The van der Waals surface area contributed by atoms with Gasteiger partial charge in [0.2, 0.25) is 5.91 Å². The molecule has 0 aromatic heterocycles. The lowest BCUT2D eigenvalue weighted by atomic mass is 10.1. The summed E-state index contributed by atoms with van der Waals surface area (Å²) in [7, 11) is 0. The zero-order valence-corrected chi connectivity index (χ0v) is 8.34. The second kappa shape index (κ2) is 3.63. The van der Waals surface area contributed by atoms with E-state index < -0.39 is 0 Å². The molecule has 0 fully saturated rings. The molecule has 0 atom stereocenters. The summed E-state index contributed by atoms with van der Waals surface area (Å²) in [6.45, 7) is 2.19. The van der Waals surface area contributed by atoms with Gasteiger partial charge in [-0.2, -0.15) is 0 Å². The number of para-hydroxylation sites is 1. The van der Waals surface area contributed by atoms with Gasteiger partial charge >= 0.3 is 0 Å². The number of carbonyl (C=O) groups excluding carboxylic acids is 1. The fourth-order valence-electron chi connectivity index (χ4n) is 1.88. The highest BCUT2D eigenvalue weighted by Gasteiger charge is 2.24. The monoisotopic (exact) mass is 202 g/mol. The lowest BCUT2D eigenvalue weighted by Crippen LogP contribution is -2.25. The minimum atomic E-state index is -0.0191. The van der Waals surface area contributed by atoms with E-state index in [4.69, 9.17) is 5.53 Å². The number of rotatable bonds is 1. The fourth-order valence-corrected chi connectivity index (χ4v) is 1.88. The van der Waals surface area contributed by atoms with Crippen molar-refractivity contribution in [3.8, 4) is 0 Å². The van der Waals surface area contributed by atoms with Gasteiger partial charge in [0.15, 0.2) is 0 Å². The summed E-state index contributed by atoms with van der Waals surface area (Å²) < 4.78 is 0. The molecule has 2 rings (SSSR count). The van der Waals surface area contributed by atoms with Crippen LogP contribution in [0.2, 0.25) is 0 Å². The maximum Gasteiger partial charge on any atom is 0.223 e. The predicted molar refractivity (Wildman–Crippen MR) is 57.0 cm³/mol. The van der Waals surface area contributed by atoms with Crippen LogP contribution in [0.25, 0.3) is 10.4 Å². The van der Waals surface area contributed by atoms with Gasteiger partial charge in [0, 0.05) is 18.4 Å². The van der Waals surface area contributed by atoms with Crippen molar-refractivity contribution >= 4 is 17.3 Å². The Labute approximate surface area is 86.9 Å². The van der Waals surface area contributed by atoms with Crippen LogP contribution >= 0.6 is 0 Å². The number of amides is 1. The number of hydrogen-bond acceptors (Lipinski definition) is 2. The fraction of sp³-hybridized carbons (Fsp3) is 0.300. The maximum atomic E-state index is 11.4. The molecule has 76 valence electrons. The van der Waals surface area contributed by atoms with Crippen LogP contribution in [-0.2, 0) is 11.2 Å². The topological polar surface area (TPSA) is 69.1 Å². The molecule has 0 bridgehead atoms. The van der Waals surface area contributed by atoms with Crippen molar-refractivity contribution in [3.05, 3.63) is 34.2 Å². The van der Waals surface area contributed by atoms with Crippen LogP contribution in [0, 0.1) is 0 Å². The average Bonchev–Trinajstić information content (AvgIpc) is 2.62. The summed E-state index contributed by atoms with van der Waals surface area (Å²) in [5, 5.41) is 3.60. The molecule has 0 spiro atoms. The summed E-state index contributed by atoms with van der Waals surface area (Å²) >= 11 is 0. The van der Waals surface area contributed by atoms with Crippen LogP contribution in [0.1, 0.15) is 12.5 Å². The minimum Gasteiger partial charge on any atom is -0.312 e. The second-order valence-electron chi connectivity index (χ2n) is 3.39. The lowest BCUT2D eigenvalue weighted by Gasteiger charge is -2.16. The second-order valence-corrected chi connectivity index (χ2v) is 3.39. The van der Waals surface area contributed by atoms with E-state index in [1.807, 2.05) is 12.1 Å². The first-order valence-electron chi connectivity index (χ1n) is 4.69. The Morgan fingerprint density at radius 1 is 1.60 bits per heavy atom. The molecule has 1 amide bonds. The molecule has 0 aliphatic carbocycles.